The van der Waals surface area contributed by atoms with Crippen LogP contribution in [0, 0.1) is 0 Å². The van der Waals surface area contributed by atoms with Gasteiger partial charge in [-0.2, -0.15) is 0 Å². The molecule has 1 aliphatic rings. The number of allylic oxidation sites excluding steroid dienone is 3. The average Bonchev–Trinajstić information content (AvgIpc) is 2.06. The van der Waals surface area contributed by atoms with Gasteiger partial charge < -0.3 is 5.32 Å². The van der Waals surface area contributed by atoms with E-state index in [-0.39, 0.29) is 5.50 Å². The second-order valence-electron chi connectivity index (χ2n) is 2.58. The Morgan fingerprint density at radius 3 is 2.92 bits per heavy atom. The predicted octanol–water partition coefficient (Wildman–Crippen LogP) is 0.747. The third kappa shape index (κ3) is 3.30. The summed E-state index contributed by atoms with van der Waals surface area (Å²) in [6.45, 7) is 0. The standard InChI is InChI=1S/C8H15N3S/c1-9-11-8(12)10-7-5-3-2-4-6-7/h3,5-6,8-12H,2,4H2,1H3. The van der Waals surface area contributed by atoms with Gasteiger partial charge in [-0.15, -0.1) is 12.6 Å². The molecule has 0 fully saturated rings. The van der Waals surface area contributed by atoms with E-state index in [1.165, 1.54) is 0 Å². The monoisotopic (exact) mass is 185 g/mol. The summed E-state index contributed by atoms with van der Waals surface area (Å²) in [6, 6.07) is 0. The SMILES string of the molecule is CNNC(S)NC1=CCCC=C1. The molecule has 1 atom stereocenters. The Morgan fingerprint density at radius 2 is 2.33 bits per heavy atom. The van der Waals surface area contributed by atoms with Gasteiger partial charge in [0.05, 0.1) is 0 Å². The fraction of sp³-hybridized carbons (Fsp3) is 0.500. The summed E-state index contributed by atoms with van der Waals surface area (Å²) in [5.74, 6) is 0. The lowest BCUT2D eigenvalue weighted by atomic mass is 10.1. The van der Waals surface area contributed by atoms with Crippen LogP contribution in [0.15, 0.2) is 23.9 Å². The quantitative estimate of drug-likeness (QED) is 0.296. The van der Waals surface area contributed by atoms with Crippen LogP contribution in [0.2, 0.25) is 0 Å². The van der Waals surface area contributed by atoms with Gasteiger partial charge in [0, 0.05) is 5.70 Å². The maximum atomic E-state index is 4.26. The number of hydrogen-bond donors (Lipinski definition) is 4. The Labute approximate surface area is 78.7 Å². The van der Waals surface area contributed by atoms with Crippen molar-refractivity contribution in [2.24, 2.45) is 0 Å². The van der Waals surface area contributed by atoms with Crippen molar-refractivity contribution in [3.63, 3.8) is 0 Å². The van der Waals surface area contributed by atoms with Crippen molar-refractivity contribution in [2.75, 3.05) is 7.05 Å². The van der Waals surface area contributed by atoms with E-state index in [1.807, 2.05) is 7.05 Å². The molecular weight excluding hydrogens is 170 g/mol. The van der Waals surface area contributed by atoms with Crippen molar-refractivity contribution in [2.45, 2.75) is 18.3 Å². The first-order valence-corrected chi connectivity index (χ1v) is 4.58. The molecule has 0 heterocycles. The van der Waals surface area contributed by atoms with Crippen LogP contribution in [0.4, 0.5) is 0 Å². The molecule has 0 aromatic carbocycles. The lowest BCUT2D eigenvalue weighted by molar-refractivity contribution is 0.531. The first-order valence-electron chi connectivity index (χ1n) is 4.06. The van der Waals surface area contributed by atoms with Gasteiger partial charge in [-0.05, 0) is 26.0 Å². The Bertz CT molecular complexity index is 189. The van der Waals surface area contributed by atoms with E-state index in [9.17, 15) is 0 Å². The van der Waals surface area contributed by atoms with Gasteiger partial charge in [0.1, 0.15) is 5.50 Å². The maximum absolute atomic E-state index is 4.26. The molecule has 0 radical (unpaired) electrons. The van der Waals surface area contributed by atoms with Crippen LogP contribution >= 0.6 is 12.6 Å². The van der Waals surface area contributed by atoms with Crippen LogP contribution in [0.25, 0.3) is 0 Å². The molecule has 1 aliphatic carbocycles. The molecule has 0 spiro atoms. The van der Waals surface area contributed by atoms with Crippen molar-refractivity contribution in [3.05, 3.63) is 23.9 Å². The Kier molecular flexibility index (Phi) is 4.21. The summed E-state index contributed by atoms with van der Waals surface area (Å²) in [4.78, 5) is 0. The van der Waals surface area contributed by atoms with Gasteiger partial charge in [-0.25, -0.2) is 5.43 Å². The highest BCUT2D eigenvalue weighted by atomic mass is 32.1. The second kappa shape index (κ2) is 5.24. The number of thiol groups is 1. The highest BCUT2D eigenvalue weighted by Gasteiger charge is 2.01. The Morgan fingerprint density at radius 1 is 1.50 bits per heavy atom. The Hall–Kier alpha value is -0.450. The van der Waals surface area contributed by atoms with Gasteiger partial charge in [0.2, 0.25) is 0 Å². The van der Waals surface area contributed by atoms with Crippen molar-refractivity contribution in [1.29, 1.82) is 0 Å². The third-order valence-corrected chi connectivity index (χ3v) is 1.84. The van der Waals surface area contributed by atoms with Gasteiger partial charge in [0.15, 0.2) is 0 Å². The smallest absolute Gasteiger partial charge is 0.135 e. The molecule has 0 saturated heterocycles. The Balaban J connectivity index is 2.29. The minimum absolute atomic E-state index is 0.0519. The lowest BCUT2D eigenvalue weighted by Crippen LogP contribution is -2.43. The molecule has 0 aromatic rings. The van der Waals surface area contributed by atoms with Gasteiger partial charge in [-0.3, -0.25) is 5.43 Å². The van der Waals surface area contributed by atoms with Crippen LogP contribution in [-0.2, 0) is 0 Å². The minimum Gasteiger partial charge on any atom is -0.361 e. The molecule has 3 nitrogen and oxygen atoms in total. The molecule has 1 unspecified atom stereocenters. The van der Waals surface area contributed by atoms with E-state index < -0.39 is 0 Å². The fourth-order valence-corrected chi connectivity index (χ4v) is 1.33. The van der Waals surface area contributed by atoms with Crippen LogP contribution < -0.4 is 16.2 Å². The summed E-state index contributed by atoms with van der Waals surface area (Å²) < 4.78 is 0. The van der Waals surface area contributed by atoms with Gasteiger partial charge in [0.25, 0.3) is 0 Å². The molecule has 1 rings (SSSR count). The van der Waals surface area contributed by atoms with Crippen LogP contribution in [0.1, 0.15) is 12.8 Å². The van der Waals surface area contributed by atoms with E-state index in [0.717, 1.165) is 18.5 Å². The van der Waals surface area contributed by atoms with Crippen molar-refractivity contribution in [3.8, 4) is 0 Å². The van der Waals surface area contributed by atoms with Crippen molar-refractivity contribution >= 4 is 12.6 Å². The summed E-state index contributed by atoms with van der Waals surface area (Å²) >= 11 is 4.26. The molecular formula is C8H15N3S. The molecule has 0 aliphatic heterocycles. The first kappa shape index (κ1) is 9.64. The van der Waals surface area contributed by atoms with E-state index in [2.05, 4.69) is 47.0 Å². The molecule has 0 amide bonds. The number of rotatable bonds is 4. The van der Waals surface area contributed by atoms with Gasteiger partial charge in [-0.1, -0.05) is 12.2 Å². The van der Waals surface area contributed by atoms with E-state index in [4.69, 9.17) is 0 Å². The zero-order valence-corrected chi connectivity index (χ0v) is 8.07. The molecule has 68 valence electrons. The topological polar surface area (TPSA) is 36.1 Å². The van der Waals surface area contributed by atoms with Crippen LogP contribution in [0.5, 0.6) is 0 Å². The number of nitrogens with one attached hydrogen (secondary N) is 3. The van der Waals surface area contributed by atoms with Crippen molar-refractivity contribution in [1.82, 2.24) is 16.2 Å². The molecule has 4 heteroatoms. The maximum Gasteiger partial charge on any atom is 0.135 e. The number of hydrazine groups is 1. The highest BCUT2D eigenvalue weighted by Crippen LogP contribution is 2.07. The lowest BCUT2D eigenvalue weighted by Gasteiger charge is -2.17. The first-order chi connectivity index (χ1) is 5.83. The molecule has 3 N–H and O–H groups in total. The summed E-state index contributed by atoms with van der Waals surface area (Å²) in [5, 5.41) is 3.18. The zero-order chi connectivity index (χ0) is 8.81. The van der Waals surface area contributed by atoms with Gasteiger partial charge >= 0.3 is 0 Å². The average molecular weight is 185 g/mol. The molecule has 12 heavy (non-hydrogen) atoms. The van der Waals surface area contributed by atoms with E-state index in [1.54, 1.807) is 0 Å². The van der Waals surface area contributed by atoms with Crippen LogP contribution in [0.3, 0.4) is 0 Å². The molecule has 0 aromatic heterocycles. The molecule has 0 saturated carbocycles. The van der Waals surface area contributed by atoms with E-state index >= 15 is 0 Å². The third-order valence-electron chi connectivity index (χ3n) is 1.58. The predicted molar refractivity (Wildman–Crippen MR) is 54.6 cm³/mol. The summed E-state index contributed by atoms with van der Waals surface area (Å²) in [5.41, 5.74) is 6.81. The zero-order valence-electron chi connectivity index (χ0n) is 7.17. The van der Waals surface area contributed by atoms with E-state index in [0.29, 0.717) is 0 Å². The fourth-order valence-electron chi connectivity index (χ4n) is 1.05. The minimum atomic E-state index is -0.0519. The summed E-state index contributed by atoms with van der Waals surface area (Å²) in [6.07, 6.45) is 8.65. The normalized spacial score (nSPS) is 18.7. The largest absolute Gasteiger partial charge is 0.361 e. The molecule has 0 bridgehead atoms. The van der Waals surface area contributed by atoms with Crippen LogP contribution in [-0.4, -0.2) is 12.5 Å². The second-order valence-corrected chi connectivity index (χ2v) is 3.10. The highest BCUT2D eigenvalue weighted by molar-refractivity contribution is 7.80. The number of hydrogen-bond acceptors (Lipinski definition) is 4. The van der Waals surface area contributed by atoms with Crippen molar-refractivity contribution < 1.29 is 0 Å². The summed E-state index contributed by atoms with van der Waals surface area (Å²) in [7, 11) is 1.82.